The lowest BCUT2D eigenvalue weighted by atomic mass is 9.93. The van der Waals surface area contributed by atoms with Crippen LogP contribution in [0.4, 0.5) is 0 Å². The van der Waals surface area contributed by atoms with E-state index in [1.165, 1.54) is 5.57 Å². The Morgan fingerprint density at radius 2 is 2.15 bits per heavy atom. The SMILES string of the molecule is CC(C)=CCC1=C(O)CCCC1=O. The number of hydrogen-bond acceptors (Lipinski definition) is 2. The highest BCUT2D eigenvalue weighted by Gasteiger charge is 2.18. The van der Waals surface area contributed by atoms with Crippen molar-refractivity contribution in [3.05, 3.63) is 23.0 Å². The molecule has 0 fully saturated rings. The second-order valence-electron chi connectivity index (χ2n) is 3.69. The minimum atomic E-state index is 0.112. The zero-order valence-corrected chi connectivity index (χ0v) is 8.26. The van der Waals surface area contributed by atoms with Crippen molar-refractivity contribution in [1.29, 1.82) is 0 Å². The van der Waals surface area contributed by atoms with Crippen LogP contribution in [0.5, 0.6) is 0 Å². The zero-order valence-electron chi connectivity index (χ0n) is 8.26. The van der Waals surface area contributed by atoms with Gasteiger partial charge < -0.3 is 5.11 Å². The Morgan fingerprint density at radius 1 is 1.46 bits per heavy atom. The summed E-state index contributed by atoms with van der Waals surface area (Å²) in [7, 11) is 0. The fourth-order valence-corrected chi connectivity index (χ4v) is 1.42. The van der Waals surface area contributed by atoms with Gasteiger partial charge in [-0.05, 0) is 26.7 Å². The molecule has 0 heterocycles. The number of aliphatic hydroxyl groups excluding tert-OH is 1. The first-order valence-electron chi connectivity index (χ1n) is 4.69. The van der Waals surface area contributed by atoms with E-state index in [1.54, 1.807) is 0 Å². The number of Topliss-reactive ketones (excluding diaryl/α,β-unsaturated/α-hetero) is 1. The highest BCUT2D eigenvalue weighted by molar-refractivity contribution is 5.96. The molecule has 1 aliphatic rings. The van der Waals surface area contributed by atoms with Crippen LogP contribution in [0, 0.1) is 0 Å². The van der Waals surface area contributed by atoms with Gasteiger partial charge in [0.2, 0.25) is 0 Å². The number of allylic oxidation sites excluding steroid dienone is 4. The quantitative estimate of drug-likeness (QED) is 0.663. The first-order chi connectivity index (χ1) is 6.11. The summed E-state index contributed by atoms with van der Waals surface area (Å²) in [5, 5.41) is 9.48. The van der Waals surface area contributed by atoms with Gasteiger partial charge in [0.05, 0.1) is 5.76 Å². The van der Waals surface area contributed by atoms with Crippen LogP contribution in [0.3, 0.4) is 0 Å². The van der Waals surface area contributed by atoms with Crippen LogP contribution in [0.2, 0.25) is 0 Å². The zero-order chi connectivity index (χ0) is 9.84. The lowest BCUT2D eigenvalue weighted by Gasteiger charge is -2.13. The first-order valence-corrected chi connectivity index (χ1v) is 4.69. The molecule has 0 saturated heterocycles. The summed E-state index contributed by atoms with van der Waals surface area (Å²) in [4.78, 5) is 11.4. The molecule has 0 bridgehead atoms. The maximum atomic E-state index is 11.4. The normalized spacial score (nSPS) is 17.5. The second-order valence-corrected chi connectivity index (χ2v) is 3.69. The summed E-state index contributed by atoms with van der Waals surface area (Å²) in [6.07, 6.45) is 4.62. The molecule has 72 valence electrons. The van der Waals surface area contributed by atoms with Crippen LogP contribution in [0.15, 0.2) is 23.0 Å². The third kappa shape index (κ3) is 2.72. The summed E-state index contributed by atoms with van der Waals surface area (Å²) in [5.41, 5.74) is 1.80. The molecule has 1 rings (SSSR count). The van der Waals surface area contributed by atoms with Crippen molar-refractivity contribution in [3.63, 3.8) is 0 Å². The van der Waals surface area contributed by atoms with Crippen molar-refractivity contribution in [2.24, 2.45) is 0 Å². The highest BCUT2D eigenvalue weighted by atomic mass is 16.3. The molecule has 0 saturated carbocycles. The van der Waals surface area contributed by atoms with E-state index in [4.69, 9.17) is 0 Å². The van der Waals surface area contributed by atoms with Gasteiger partial charge in [0.25, 0.3) is 0 Å². The van der Waals surface area contributed by atoms with Gasteiger partial charge in [0.15, 0.2) is 5.78 Å². The van der Waals surface area contributed by atoms with Crippen molar-refractivity contribution < 1.29 is 9.90 Å². The van der Waals surface area contributed by atoms with Gasteiger partial charge >= 0.3 is 0 Å². The van der Waals surface area contributed by atoms with Crippen LogP contribution in [0.25, 0.3) is 0 Å². The average Bonchev–Trinajstić information content (AvgIpc) is 2.03. The predicted molar refractivity (Wildman–Crippen MR) is 52.6 cm³/mol. The van der Waals surface area contributed by atoms with Crippen LogP contribution in [-0.2, 0) is 4.79 Å². The molecule has 0 aromatic heterocycles. The fourth-order valence-electron chi connectivity index (χ4n) is 1.42. The molecule has 0 amide bonds. The van der Waals surface area contributed by atoms with Gasteiger partial charge in [-0.15, -0.1) is 0 Å². The van der Waals surface area contributed by atoms with Gasteiger partial charge in [-0.2, -0.15) is 0 Å². The van der Waals surface area contributed by atoms with Crippen molar-refractivity contribution in [2.75, 3.05) is 0 Å². The van der Waals surface area contributed by atoms with Gasteiger partial charge in [0.1, 0.15) is 0 Å². The maximum Gasteiger partial charge on any atom is 0.162 e. The molecule has 0 atom stereocenters. The minimum Gasteiger partial charge on any atom is -0.512 e. The molecular formula is C11H16O2. The van der Waals surface area contributed by atoms with Gasteiger partial charge in [-0.25, -0.2) is 0 Å². The van der Waals surface area contributed by atoms with Gasteiger partial charge in [-0.1, -0.05) is 11.6 Å². The molecule has 2 heteroatoms. The van der Waals surface area contributed by atoms with E-state index in [1.807, 2.05) is 19.9 Å². The van der Waals surface area contributed by atoms with Crippen LogP contribution in [-0.4, -0.2) is 10.9 Å². The van der Waals surface area contributed by atoms with E-state index in [9.17, 15) is 9.90 Å². The average molecular weight is 180 g/mol. The number of hydrogen-bond donors (Lipinski definition) is 1. The molecule has 0 spiro atoms. The van der Waals surface area contributed by atoms with Crippen molar-refractivity contribution >= 4 is 5.78 Å². The van der Waals surface area contributed by atoms with E-state index in [0.29, 0.717) is 30.6 Å². The predicted octanol–water partition coefficient (Wildman–Crippen LogP) is 2.91. The molecule has 0 unspecified atom stereocenters. The van der Waals surface area contributed by atoms with Crippen molar-refractivity contribution in [3.8, 4) is 0 Å². The summed E-state index contributed by atoms with van der Waals surface area (Å²) >= 11 is 0. The molecule has 0 radical (unpaired) electrons. The van der Waals surface area contributed by atoms with E-state index < -0.39 is 0 Å². The van der Waals surface area contributed by atoms with E-state index in [2.05, 4.69) is 0 Å². The monoisotopic (exact) mass is 180 g/mol. The minimum absolute atomic E-state index is 0.112. The van der Waals surface area contributed by atoms with Gasteiger partial charge in [-0.3, -0.25) is 4.79 Å². The number of carbonyl (C=O) groups is 1. The summed E-state index contributed by atoms with van der Waals surface area (Å²) in [6, 6.07) is 0. The van der Waals surface area contributed by atoms with Gasteiger partial charge in [0, 0.05) is 18.4 Å². The molecule has 1 aliphatic carbocycles. The number of aliphatic hydroxyl groups is 1. The third-order valence-corrected chi connectivity index (χ3v) is 2.22. The van der Waals surface area contributed by atoms with E-state index in [-0.39, 0.29) is 5.78 Å². The Morgan fingerprint density at radius 3 is 2.69 bits per heavy atom. The standard InChI is InChI=1S/C11H16O2/c1-8(2)6-7-9-10(12)4-3-5-11(9)13/h6,12H,3-5,7H2,1-2H3. The Labute approximate surface area is 79.0 Å². The number of ketones is 1. The third-order valence-electron chi connectivity index (χ3n) is 2.22. The van der Waals surface area contributed by atoms with E-state index in [0.717, 1.165) is 6.42 Å². The van der Waals surface area contributed by atoms with Crippen molar-refractivity contribution in [2.45, 2.75) is 39.5 Å². The summed E-state index contributed by atoms with van der Waals surface area (Å²) < 4.78 is 0. The molecule has 13 heavy (non-hydrogen) atoms. The topological polar surface area (TPSA) is 37.3 Å². The lowest BCUT2D eigenvalue weighted by Crippen LogP contribution is -2.11. The first kappa shape index (κ1) is 10.0. The smallest absolute Gasteiger partial charge is 0.162 e. The highest BCUT2D eigenvalue weighted by Crippen LogP contribution is 2.22. The van der Waals surface area contributed by atoms with Crippen LogP contribution in [0.1, 0.15) is 39.5 Å². The lowest BCUT2D eigenvalue weighted by molar-refractivity contribution is -0.116. The van der Waals surface area contributed by atoms with Crippen molar-refractivity contribution in [1.82, 2.24) is 0 Å². The second kappa shape index (κ2) is 4.26. The molecule has 0 aromatic carbocycles. The number of rotatable bonds is 2. The molecule has 0 aromatic rings. The Kier molecular flexibility index (Phi) is 3.29. The van der Waals surface area contributed by atoms with E-state index >= 15 is 0 Å². The molecule has 0 aliphatic heterocycles. The molecule has 2 nitrogen and oxygen atoms in total. The molecular weight excluding hydrogens is 164 g/mol. The summed E-state index contributed by atoms with van der Waals surface area (Å²) in [6.45, 7) is 3.98. The Balaban J connectivity index is 2.75. The summed E-state index contributed by atoms with van der Waals surface area (Å²) in [5.74, 6) is 0.412. The maximum absolute atomic E-state index is 11.4. The van der Waals surface area contributed by atoms with Crippen LogP contribution >= 0.6 is 0 Å². The Hall–Kier alpha value is -1.05. The van der Waals surface area contributed by atoms with Crippen LogP contribution < -0.4 is 0 Å². The Bertz CT molecular complexity index is 268. The number of carbonyl (C=O) groups excluding carboxylic acids is 1. The largest absolute Gasteiger partial charge is 0.512 e. The fraction of sp³-hybridized carbons (Fsp3) is 0.545. The molecule has 1 N–H and O–H groups in total.